The smallest absolute Gasteiger partial charge is 0.264 e. The van der Waals surface area contributed by atoms with Gasteiger partial charge in [0, 0.05) is 19.1 Å². The molecule has 4 aliphatic rings. The topological polar surface area (TPSA) is 188 Å². The average Bonchev–Trinajstić information content (AvgIpc) is 3.84. The first kappa shape index (κ1) is 60.0. The largest absolute Gasteiger partial charge is 0.508 e. The zero-order valence-electron chi connectivity index (χ0n) is 44.2. The van der Waals surface area contributed by atoms with Crippen molar-refractivity contribution < 1.29 is 49.3 Å². The number of nitrogens with zero attached hydrogens (tertiary/aromatic N) is 3. The van der Waals surface area contributed by atoms with E-state index in [2.05, 4.69) is 71.3 Å². The standard InChI is InChI=1S/C20H17NO3S.C13H10BrNO2S.C13H11NO3S.C7H6BrNO2S.C6H5I.CH3F/c22-25(23)20-12-11-19(24-15-16-7-3-1-4-8-16)13-17(20)14-21(25)18-9-5-2-6-10-18;14-11-6-7-13-10(8-11)9-15(18(13,16)17)12-4-2-1-3-5-12;15-12-6-7-13-10(8-12)9-14(18(13,16)17)11-4-2-1-3-5-11;8-6-1-2-7-5(3-6)4-9-12(7,10)11;7-6-4-2-1-3-5-6;1-2/h1-13H,14-15H2;1-8H,9H2;1-8,15H,9H2;1-3,9H,4H2;1-5H;1H3/i;;;;;1D. The maximum Gasteiger partial charge on any atom is 0.264 e. The molecule has 0 spiro atoms. The summed E-state index contributed by atoms with van der Waals surface area (Å²) in [5.74, 6) is 0.756. The van der Waals surface area contributed by atoms with Gasteiger partial charge in [0.05, 0.1) is 64.8 Å². The number of fused-ring (bicyclic) bond motifs is 4. The molecule has 0 radical (unpaired) electrons. The quantitative estimate of drug-likeness (QED) is 0.152. The van der Waals surface area contributed by atoms with Crippen molar-refractivity contribution in [3.8, 4) is 11.5 Å². The van der Waals surface area contributed by atoms with Crippen LogP contribution in [0.3, 0.4) is 0 Å². The van der Waals surface area contributed by atoms with Crippen molar-refractivity contribution in [1.29, 1.82) is 0 Å². The Morgan fingerprint density at radius 1 is 0.500 bits per heavy atom. The Morgan fingerprint density at radius 2 is 0.866 bits per heavy atom. The molecule has 0 saturated carbocycles. The number of hydrogen-bond acceptors (Lipinski definition) is 10. The Kier molecular flexibility index (Phi) is 19.9. The number of hydrogen-bond donors (Lipinski definition) is 2. The Balaban J connectivity index is 0.000000140. The number of benzene rings is 9. The maximum absolute atomic E-state index is 12.8. The number of para-hydroxylation sites is 3. The lowest BCUT2D eigenvalue weighted by Crippen LogP contribution is -2.23. The van der Waals surface area contributed by atoms with Crippen LogP contribution in [0, 0.1) is 3.57 Å². The van der Waals surface area contributed by atoms with Crippen molar-refractivity contribution in [2.45, 2.75) is 52.4 Å². The zero-order chi connectivity index (χ0) is 59.4. The molecule has 9 aromatic carbocycles. The second kappa shape index (κ2) is 27.2. The van der Waals surface area contributed by atoms with Crippen LogP contribution in [0.2, 0.25) is 0 Å². The molecule has 0 unspecified atom stereocenters. The second-order valence-corrected chi connectivity index (χ2v) is 28.3. The number of rotatable bonds is 6. The minimum Gasteiger partial charge on any atom is -0.508 e. The summed E-state index contributed by atoms with van der Waals surface area (Å²) in [6.45, 7) is 1.83. The highest BCUT2D eigenvalue weighted by Gasteiger charge is 2.37. The van der Waals surface area contributed by atoms with E-state index in [4.69, 9.17) is 6.11 Å². The molecular weight excluding hydrogens is 1370 g/mol. The van der Waals surface area contributed by atoms with Crippen LogP contribution in [0.4, 0.5) is 21.5 Å². The third-order valence-corrected chi connectivity index (χ3v) is 21.5. The van der Waals surface area contributed by atoms with E-state index in [0.717, 1.165) is 31.2 Å². The molecular formula is C60H52Br2FIN4O10S4. The second-order valence-electron chi connectivity index (χ2n) is 18.0. The van der Waals surface area contributed by atoms with E-state index in [0.29, 0.717) is 69.3 Å². The van der Waals surface area contributed by atoms with Crippen molar-refractivity contribution in [2.24, 2.45) is 0 Å². The van der Waals surface area contributed by atoms with Gasteiger partial charge in [0.2, 0.25) is 10.0 Å². The monoisotopic (exact) mass is 1420 g/mol. The lowest BCUT2D eigenvalue weighted by Gasteiger charge is -2.16. The van der Waals surface area contributed by atoms with Crippen molar-refractivity contribution in [2.75, 3.05) is 20.1 Å². The molecule has 2 N–H and O–H groups in total. The first-order chi connectivity index (χ1) is 39.7. The number of halogens is 4. The first-order valence-corrected chi connectivity index (χ1v) is 33.2. The molecule has 13 rings (SSSR count). The van der Waals surface area contributed by atoms with Crippen LogP contribution in [-0.4, -0.2) is 45.9 Å². The highest BCUT2D eigenvalue weighted by atomic mass is 127. The molecule has 0 saturated heterocycles. The number of phenols is 1. The summed E-state index contributed by atoms with van der Waals surface area (Å²) < 4.78 is 129. The summed E-state index contributed by atoms with van der Waals surface area (Å²) >= 11 is 8.92. The SMILES string of the molecule is Ic1ccccc1.O=S1(=O)NCc2cc(Br)ccc21.O=S1(=O)c2ccc(Br)cc2CN1c1ccccc1.O=S1(=O)c2ccc(O)cc2CN1c1ccccc1.O=S1(=O)c2ccc(OCc3ccccc3)cc2CN1c1ccccc1.[2H]CF. The fraction of sp³-hybridized carbons (Fsp3) is 0.100. The van der Waals surface area contributed by atoms with Crippen molar-refractivity contribution in [3.05, 3.63) is 265 Å². The molecule has 4 aliphatic heterocycles. The molecule has 0 amide bonds. The van der Waals surface area contributed by atoms with Gasteiger partial charge in [-0.1, -0.05) is 135 Å². The van der Waals surface area contributed by atoms with Crippen LogP contribution in [0.1, 0.15) is 29.2 Å². The van der Waals surface area contributed by atoms with Crippen LogP contribution >= 0.6 is 54.5 Å². The lowest BCUT2D eigenvalue weighted by molar-refractivity contribution is 0.305. The first-order valence-electron chi connectivity index (χ1n) is 25.4. The van der Waals surface area contributed by atoms with Gasteiger partial charge >= 0.3 is 0 Å². The van der Waals surface area contributed by atoms with E-state index in [1.54, 1.807) is 84.9 Å². The van der Waals surface area contributed by atoms with Gasteiger partial charge < -0.3 is 9.84 Å². The van der Waals surface area contributed by atoms with E-state index >= 15 is 0 Å². The molecule has 0 bridgehead atoms. The fourth-order valence-electron chi connectivity index (χ4n) is 8.79. The number of anilines is 3. The molecule has 4 heterocycles. The van der Waals surface area contributed by atoms with E-state index in [9.17, 15) is 43.2 Å². The minimum absolute atomic E-state index is 0.0823. The third kappa shape index (κ3) is 14.6. The Morgan fingerprint density at radius 3 is 1.30 bits per heavy atom. The van der Waals surface area contributed by atoms with Gasteiger partial charge in [0.15, 0.2) is 0 Å². The zero-order valence-corrected chi connectivity index (χ0v) is 51.8. The molecule has 424 valence electrons. The van der Waals surface area contributed by atoms with Gasteiger partial charge in [0.25, 0.3) is 30.1 Å². The number of alkyl halides is 1. The Labute approximate surface area is 509 Å². The molecule has 0 atom stereocenters. The van der Waals surface area contributed by atoms with E-state index in [1.807, 2.05) is 109 Å². The summed E-state index contributed by atoms with van der Waals surface area (Å²) in [5, 5.41) is 9.41. The average molecular weight is 1420 g/mol. The summed E-state index contributed by atoms with van der Waals surface area (Å²) in [7, 11) is -14.6. The van der Waals surface area contributed by atoms with Crippen LogP contribution in [0.15, 0.2) is 253 Å². The van der Waals surface area contributed by atoms with E-state index < -0.39 is 47.2 Å². The highest BCUT2D eigenvalue weighted by Crippen LogP contribution is 2.39. The molecule has 9 aromatic rings. The van der Waals surface area contributed by atoms with Crippen LogP contribution < -0.4 is 22.4 Å². The van der Waals surface area contributed by atoms with Crippen LogP contribution in [-0.2, 0) is 72.9 Å². The predicted octanol–water partition coefficient (Wildman–Crippen LogP) is 13.4. The van der Waals surface area contributed by atoms with Gasteiger partial charge in [-0.15, -0.1) is 0 Å². The summed E-state index contributed by atoms with van der Waals surface area (Å²) in [6, 6.07) is 67.2. The third-order valence-electron chi connectivity index (χ3n) is 12.6. The summed E-state index contributed by atoms with van der Waals surface area (Å²) in [6.07, 6.45) is 0. The molecule has 14 nitrogen and oxygen atoms in total. The number of phenolic OH excluding ortho intramolecular Hbond substituents is 1. The summed E-state index contributed by atoms with van der Waals surface area (Å²) in [5.41, 5.74) is 6.11. The molecule has 0 fully saturated rings. The minimum atomic E-state index is -3.51. The van der Waals surface area contributed by atoms with Crippen molar-refractivity contribution >= 4 is 112 Å². The summed E-state index contributed by atoms with van der Waals surface area (Å²) in [4.78, 5) is 1.41. The maximum atomic E-state index is 12.8. The number of sulfonamides is 4. The molecule has 82 heavy (non-hydrogen) atoms. The van der Waals surface area contributed by atoms with Gasteiger partial charge in [-0.05, 0) is 172 Å². The van der Waals surface area contributed by atoms with Gasteiger partial charge in [-0.3, -0.25) is 17.3 Å². The lowest BCUT2D eigenvalue weighted by atomic mass is 10.2. The molecule has 0 aliphatic carbocycles. The highest BCUT2D eigenvalue weighted by molar-refractivity contribution is 14.1. The van der Waals surface area contributed by atoms with E-state index in [1.165, 1.54) is 34.7 Å². The molecule has 22 heteroatoms. The molecule has 0 aromatic heterocycles. The number of nitrogens with one attached hydrogen (secondary N) is 1. The number of aromatic hydroxyl groups is 1. The number of ether oxygens (including phenoxy) is 1. The van der Waals surface area contributed by atoms with Gasteiger partial charge in [0.1, 0.15) is 18.1 Å². The van der Waals surface area contributed by atoms with Crippen molar-refractivity contribution in [1.82, 2.24) is 4.72 Å². The Hall–Kier alpha value is -6.64. The van der Waals surface area contributed by atoms with Crippen LogP contribution in [0.25, 0.3) is 0 Å². The van der Waals surface area contributed by atoms with E-state index in [-0.39, 0.29) is 17.2 Å². The van der Waals surface area contributed by atoms with Gasteiger partial charge in [-0.2, -0.15) is 0 Å². The van der Waals surface area contributed by atoms with Crippen LogP contribution in [0.5, 0.6) is 11.5 Å². The Bertz CT molecular complexity index is 4040. The van der Waals surface area contributed by atoms with Crippen molar-refractivity contribution in [3.63, 3.8) is 0 Å². The fourth-order valence-corrected chi connectivity index (χ4v) is 16.2. The normalized spacial score (nSPS) is 15.6. The van der Waals surface area contributed by atoms with Gasteiger partial charge in [-0.25, -0.2) is 38.4 Å². The predicted molar refractivity (Wildman–Crippen MR) is 333 cm³/mol.